The Bertz CT molecular complexity index is 2140. The molecule has 13 heteroatoms. The molecule has 1 N–H and O–H groups in total. The van der Waals surface area contributed by atoms with Gasteiger partial charge in [-0.25, -0.2) is 19.6 Å². The Balaban J connectivity index is 1.41. The number of alkyl carbamates (subject to hydrolysis) is 1. The van der Waals surface area contributed by atoms with Crippen LogP contribution in [-0.4, -0.2) is 59.5 Å². The Morgan fingerprint density at radius 1 is 1.16 bits per heavy atom. The van der Waals surface area contributed by atoms with Crippen LogP contribution in [0.3, 0.4) is 0 Å². The van der Waals surface area contributed by atoms with Gasteiger partial charge in [-0.2, -0.15) is 4.98 Å². The second-order valence-corrected chi connectivity index (χ2v) is 12.3. The molecular weight excluding hydrogens is 576 g/mol. The maximum absolute atomic E-state index is 14.1. The molecule has 4 aromatic heterocycles. The molecule has 0 unspecified atom stereocenters. The van der Waals surface area contributed by atoms with E-state index in [9.17, 15) is 14.4 Å². The molecule has 13 nitrogen and oxygen atoms in total. The number of para-hydroxylation sites is 1. The van der Waals surface area contributed by atoms with Gasteiger partial charge in [-0.15, -0.1) is 5.92 Å². The summed E-state index contributed by atoms with van der Waals surface area (Å²) in [5, 5.41) is 3.79. The number of ether oxygens (including phenoxy) is 1. The van der Waals surface area contributed by atoms with Crippen molar-refractivity contribution in [1.82, 2.24) is 34.0 Å². The lowest BCUT2D eigenvalue weighted by Crippen LogP contribution is -2.49. The number of benzene rings is 1. The van der Waals surface area contributed by atoms with E-state index in [0.29, 0.717) is 47.2 Å². The van der Waals surface area contributed by atoms with Crippen molar-refractivity contribution in [2.24, 2.45) is 7.05 Å². The lowest BCUT2D eigenvalue weighted by atomic mass is 10.1. The first-order valence-corrected chi connectivity index (χ1v) is 14.9. The van der Waals surface area contributed by atoms with Crippen LogP contribution in [0.1, 0.15) is 52.1 Å². The largest absolute Gasteiger partial charge is 0.452 e. The number of piperidine rings is 1. The fourth-order valence-corrected chi connectivity index (χ4v) is 5.80. The standard InChI is InChI=1S/C32H36N8O5/c1-7-8-16-39-25-27(36-29(39)38-15-11-12-20(17-38)34-30(42)45-32(3,4)5)37(6)31(43)40(28(25)41)18-23-33-19(2)26-24(35-23)21-13-9-10-14-22(21)44-26/h9-10,13-14,20H,11-12,15-18H2,1-6H3,(H,34,42)/t20-/m1/s1. The number of aryl methyl sites for hydroxylation is 2. The normalized spacial score (nSPS) is 15.4. The van der Waals surface area contributed by atoms with E-state index in [2.05, 4.69) is 22.1 Å². The minimum absolute atomic E-state index is 0.136. The topological polar surface area (TPSA) is 142 Å². The second kappa shape index (κ2) is 11.4. The molecule has 1 aliphatic rings. The molecule has 6 rings (SSSR count). The first-order chi connectivity index (χ1) is 21.4. The highest BCUT2D eigenvalue weighted by Crippen LogP contribution is 2.29. The Kier molecular flexibility index (Phi) is 7.60. The molecule has 1 atom stereocenters. The first kappa shape index (κ1) is 29.9. The summed E-state index contributed by atoms with van der Waals surface area (Å²) in [4.78, 5) is 56.3. The smallest absolute Gasteiger partial charge is 0.407 e. The minimum Gasteiger partial charge on any atom is -0.452 e. The van der Waals surface area contributed by atoms with Crippen LogP contribution < -0.4 is 21.5 Å². The van der Waals surface area contributed by atoms with Crippen LogP contribution in [0.5, 0.6) is 0 Å². The number of imidazole rings is 1. The van der Waals surface area contributed by atoms with Gasteiger partial charge in [-0.3, -0.25) is 18.5 Å². The van der Waals surface area contributed by atoms with Crippen LogP contribution in [0.4, 0.5) is 10.7 Å². The van der Waals surface area contributed by atoms with Gasteiger partial charge in [0.1, 0.15) is 22.5 Å². The van der Waals surface area contributed by atoms with E-state index in [-0.39, 0.29) is 30.3 Å². The zero-order chi connectivity index (χ0) is 32.0. The summed E-state index contributed by atoms with van der Waals surface area (Å²) in [6.45, 7) is 10.2. The van der Waals surface area contributed by atoms with E-state index in [1.54, 1.807) is 18.5 Å². The van der Waals surface area contributed by atoms with Crippen LogP contribution >= 0.6 is 0 Å². The Morgan fingerprint density at radius 3 is 2.69 bits per heavy atom. The molecular formula is C32H36N8O5. The third-order valence-corrected chi connectivity index (χ3v) is 7.79. The quantitative estimate of drug-likeness (QED) is 0.295. The minimum atomic E-state index is -0.613. The van der Waals surface area contributed by atoms with Crippen LogP contribution in [0, 0.1) is 18.8 Å². The number of amides is 1. The molecule has 5 heterocycles. The molecule has 0 aliphatic carbocycles. The number of hydrogen-bond donors (Lipinski definition) is 1. The van der Waals surface area contributed by atoms with Crippen LogP contribution in [0.25, 0.3) is 33.2 Å². The van der Waals surface area contributed by atoms with Crippen molar-refractivity contribution < 1.29 is 13.9 Å². The van der Waals surface area contributed by atoms with Gasteiger partial charge in [0.2, 0.25) is 5.95 Å². The monoisotopic (exact) mass is 612 g/mol. The highest BCUT2D eigenvalue weighted by molar-refractivity contribution is 6.02. The number of rotatable bonds is 5. The zero-order valence-corrected chi connectivity index (χ0v) is 26.3. The number of nitrogens with zero attached hydrogens (tertiary/aromatic N) is 7. The molecule has 1 fully saturated rings. The summed E-state index contributed by atoms with van der Waals surface area (Å²) < 4.78 is 15.7. The van der Waals surface area contributed by atoms with E-state index < -0.39 is 22.9 Å². The number of anilines is 1. The number of furan rings is 1. The van der Waals surface area contributed by atoms with Crippen LogP contribution in [0.2, 0.25) is 0 Å². The number of hydrogen-bond acceptors (Lipinski definition) is 9. The predicted octanol–water partition coefficient (Wildman–Crippen LogP) is 3.46. The summed E-state index contributed by atoms with van der Waals surface area (Å²) in [5.74, 6) is 6.77. The van der Waals surface area contributed by atoms with Gasteiger partial charge in [-0.1, -0.05) is 18.1 Å². The fraction of sp³-hybridized carbons (Fsp3) is 0.438. The molecule has 0 radical (unpaired) electrons. The average Bonchev–Trinajstić information content (AvgIpc) is 3.56. The maximum atomic E-state index is 14.1. The van der Waals surface area contributed by atoms with Gasteiger partial charge in [0.25, 0.3) is 5.56 Å². The van der Waals surface area contributed by atoms with Gasteiger partial charge in [0.05, 0.1) is 18.8 Å². The third-order valence-electron chi connectivity index (χ3n) is 7.79. The number of carbonyl (C=O) groups excluding carboxylic acids is 1. The predicted molar refractivity (Wildman–Crippen MR) is 170 cm³/mol. The third kappa shape index (κ3) is 5.63. The highest BCUT2D eigenvalue weighted by Gasteiger charge is 2.29. The molecule has 0 spiro atoms. The molecule has 1 aliphatic heterocycles. The molecule has 45 heavy (non-hydrogen) atoms. The molecule has 5 aromatic rings. The summed E-state index contributed by atoms with van der Waals surface area (Å²) in [7, 11) is 1.59. The number of aromatic nitrogens is 6. The lowest BCUT2D eigenvalue weighted by Gasteiger charge is -2.34. The van der Waals surface area contributed by atoms with Crippen molar-refractivity contribution in [3.8, 4) is 11.8 Å². The fourth-order valence-electron chi connectivity index (χ4n) is 5.80. The number of nitrogens with one attached hydrogen (secondary N) is 1. The summed E-state index contributed by atoms with van der Waals surface area (Å²) in [6, 6.07) is 7.37. The summed E-state index contributed by atoms with van der Waals surface area (Å²) in [6.07, 6.45) is 1.07. The van der Waals surface area contributed by atoms with E-state index in [0.717, 1.165) is 22.8 Å². The molecule has 1 aromatic carbocycles. The van der Waals surface area contributed by atoms with Crippen LogP contribution in [0.15, 0.2) is 38.3 Å². The number of fused-ring (bicyclic) bond motifs is 4. The van der Waals surface area contributed by atoms with E-state index in [4.69, 9.17) is 19.1 Å². The number of carbonyl (C=O) groups is 1. The Labute approximate surface area is 258 Å². The highest BCUT2D eigenvalue weighted by atomic mass is 16.6. The van der Waals surface area contributed by atoms with Crippen molar-refractivity contribution in [3.05, 3.63) is 56.6 Å². The maximum Gasteiger partial charge on any atom is 0.407 e. The summed E-state index contributed by atoms with van der Waals surface area (Å²) >= 11 is 0. The molecule has 0 saturated carbocycles. The van der Waals surface area contributed by atoms with E-state index in [1.165, 1.54) is 4.57 Å². The van der Waals surface area contributed by atoms with Crippen molar-refractivity contribution >= 4 is 45.3 Å². The molecule has 1 saturated heterocycles. The zero-order valence-electron chi connectivity index (χ0n) is 26.3. The lowest BCUT2D eigenvalue weighted by molar-refractivity contribution is 0.0499. The van der Waals surface area contributed by atoms with Crippen molar-refractivity contribution in [1.29, 1.82) is 0 Å². The first-order valence-electron chi connectivity index (χ1n) is 14.9. The average molecular weight is 613 g/mol. The van der Waals surface area contributed by atoms with Gasteiger partial charge >= 0.3 is 11.8 Å². The van der Waals surface area contributed by atoms with Crippen molar-refractivity contribution in [2.75, 3.05) is 18.0 Å². The van der Waals surface area contributed by atoms with Crippen molar-refractivity contribution in [3.63, 3.8) is 0 Å². The second-order valence-electron chi connectivity index (χ2n) is 12.3. The summed E-state index contributed by atoms with van der Waals surface area (Å²) in [5.41, 5.74) is 1.34. The van der Waals surface area contributed by atoms with Crippen molar-refractivity contribution in [2.45, 2.75) is 72.2 Å². The van der Waals surface area contributed by atoms with Gasteiger partial charge < -0.3 is 19.4 Å². The van der Waals surface area contributed by atoms with Crippen LogP contribution in [-0.2, 0) is 24.9 Å². The van der Waals surface area contributed by atoms with Gasteiger partial charge in [-0.05, 0) is 59.6 Å². The molecule has 1 amide bonds. The van der Waals surface area contributed by atoms with Gasteiger partial charge in [0, 0.05) is 31.6 Å². The van der Waals surface area contributed by atoms with E-state index in [1.807, 2.05) is 56.9 Å². The SMILES string of the molecule is CC#CCn1c(N2CCC[C@@H](NC(=O)OC(C)(C)C)C2)nc2c1c(=O)n(Cc1nc(C)c3oc4ccccc4c3n1)c(=O)n2C. The molecule has 234 valence electrons. The molecule has 0 bridgehead atoms. The Morgan fingerprint density at radius 2 is 1.93 bits per heavy atom. The van der Waals surface area contributed by atoms with E-state index >= 15 is 0 Å². The Hall–Kier alpha value is -5.12. The van der Waals surface area contributed by atoms with Gasteiger partial charge in [0.15, 0.2) is 16.7 Å².